The monoisotopic (exact) mass is 637 g/mol. The van der Waals surface area contributed by atoms with Crippen LogP contribution in [0.25, 0.3) is 0 Å². The fourth-order valence-corrected chi connectivity index (χ4v) is 6.48. The zero-order valence-corrected chi connectivity index (χ0v) is 26.0. The van der Waals surface area contributed by atoms with Crippen LogP contribution in [0.5, 0.6) is 0 Å². The summed E-state index contributed by atoms with van der Waals surface area (Å²) in [7, 11) is -4.33. The van der Waals surface area contributed by atoms with Crippen LogP contribution >= 0.6 is 11.6 Å². The van der Waals surface area contributed by atoms with E-state index in [4.69, 9.17) is 16.3 Å². The number of hydrogen-bond acceptors (Lipinski definition) is 7. The molecule has 1 aromatic carbocycles. The van der Waals surface area contributed by atoms with Gasteiger partial charge < -0.3 is 20.3 Å². The lowest BCUT2D eigenvalue weighted by molar-refractivity contribution is -0.141. The summed E-state index contributed by atoms with van der Waals surface area (Å²) in [6, 6.07) is 4.19. The molecule has 4 amide bonds. The second-order valence-corrected chi connectivity index (χ2v) is 13.6. The average Bonchev–Trinajstić information content (AvgIpc) is 3.40. The summed E-state index contributed by atoms with van der Waals surface area (Å²) in [4.78, 5) is 54.6. The molecule has 1 aromatic rings. The first kappa shape index (κ1) is 32.6. The third-order valence-electron chi connectivity index (χ3n) is 7.80. The van der Waals surface area contributed by atoms with Crippen LogP contribution in [0.4, 0.5) is 10.5 Å². The molecule has 14 heteroatoms. The number of alkyl carbamates (subject to hydrolysis) is 1. The second kappa shape index (κ2) is 14.0. The Kier molecular flexibility index (Phi) is 10.6. The molecule has 12 nitrogen and oxygen atoms in total. The highest BCUT2D eigenvalue weighted by molar-refractivity contribution is 7.91. The Morgan fingerprint density at radius 2 is 1.86 bits per heavy atom. The van der Waals surface area contributed by atoms with Crippen LogP contribution in [-0.2, 0) is 29.3 Å². The van der Waals surface area contributed by atoms with Gasteiger partial charge >= 0.3 is 16.3 Å². The fraction of sp³-hybridized carbons (Fsp3) is 0.586. The molecule has 236 valence electrons. The Bertz CT molecular complexity index is 1340. The molecule has 1 aliphatic carbocycles. The second-order valence-electron chi connectivity index (χ2n) is 11.8. The molecule has 4 atom stereocenters. The van der Waals surface area contributed by atoms with Crippen LogP contribution in [0.2, 0.25) is 5.02 Å². The van der Waals surface area contributed by atoms with Gasteiger partial charge in [0.25, 0.3) is 5.91 Å². The molecule has 2 aliphatic heterocycles. The molecule has 0 unspecified atom stereocenters. The lowest BCUT2D eigenvalue weighted by Gasteiger charge is -2.30. The lowest BCUT2D eigenvalue weighted by atomic mass is 10.1. The van der Waals surface area contributed by atoms with Gasteiger partial charge in [0, 0.05) is 17.5 Å². The van der Waals surface area contributed by atoms with E-state index in [-0.39, 0.29) is 30.5 Å². The molecule has 2 fully saturated rings. The summed E-state index contributed by atoms with van der Waals surface area (Å²) in [6.07, 6.45) is 7.65. The Morgan fingerprint density at radius 3 is 2.58 bits per heavy atom. The molecule has 43 heavy (non-hydrogen) atoms. The molecule has 4 rings (SSSR count). The number of benzene rings is 1. The van der Waals surface area contributed by atoms with Crippen LogP contribution in [0.1, 0.15) is 65.2 Å². The smallest absolute Gasteiger partial charge is 0.407 e. The summed E-state index contributed by atoms with van der Waals surface area (Å²) in [5, 5.41) is 5.91. The molecule has 0 spiro atoms. The van der Waals surface area contributed by atoms with E-state index >= 15 is 0 Å². The van der Waals surface area contributed by atoms with Gasteiger partial charge in [-0.15, -0.1) is 0 Å². The third kappa shape index (κ3) is 8.62. The maximum absolute atomic E-state index is 13.7. The Balaban J connectivity index is 1.51. The highest BCUT2D eigenvalue weighted by Crippen LogP contribution is 2.45. The van der Waals surface area contributed by atoms with E-state index in [0.29, 0.717) is 43.7 Å². The maximum Gasteiger partial charge on any atom is 0.407 e. The number of nitrogens with one attached hydrogen (secondary N) is 4. The van der Waals surface area contributed by atoms with Crippen molar-refractivity contribution in [2.24, 2.45) is 11.8 Å². The van der Waals surface area contributed by atoms with Crippen LogP contribution < -0.4 is 20.1 Å². The normalized spacial score (nSPS) is 27.1. The molecule has 0 radical (unpaired) electrons. The number of ether oxygens (including phenoxy) is 1. The van der Waals surface area contributed by atoms with Crippen molar-refractivity contribution < 1.29 is 32.3 Å². The van der Waals surface area contributed by atoms with E-state index < -0.39 is 51.7 Å². The molecule has 1 saturated heterocycles. The Hall–Kier alpha value is -3.32. The van der Waals surface area contributed by atoms with Crippen molar-refractivity contribution in [2.45, 2.75) is 82.8 Å². The van der Waals surface area contributed by atoms with Crippen molar-refractivity contribution in [3.8, 4) is 0 Å². The largest absolute Gasteiger partial charge is 0.449 e. The molecule has 2 heterocycles. The zero-order chi connectivity index (χ0) is 31.2. The van der Waals surface area contributed by atoms with E-state index in [0.717, 1.165) is 12.8 Å². The van der Waals surface area contributed by atoms with Crippen molar-refractivity contribution in [3.05, 3.63) is 41.4 Å². The molecule has 4 N–H and O–H groups in total. The van der Waals surface area contributed by atoms with Crippen molar-refractivity contribution >= 4 is 51.3 Å². The minimum Gasteiger partial charge on any atom is -0.449 e. The molecule has 0 bridgehead atoms. The third-order valence-corrected chi connectivity index (χ3v) is 9.01. The van der Waals surface area contributed by atoms with Crippen LogP contribution in [-0.4, -0.2) is 67.9 Å². The first-order valence-electron chi connectivity index (χ1n) is 14.7. The van der Waals surface area contributed by atoms with Gasteiger partial charge in [-0.3, -0.25) is 19.1 Å². The summed E-state index contributed by atoms with van der Waals surface area (Å²) >= 11 is 5.87. The standard InChI is InChI=1S/C29H40ClN5O7S/c1-19(2)18-42-28(39)31-23-10-7-5-3-4-6-9-20-17-29(20,32-25(36)24-11-8-16-35(24)26(23)37)27(38)34-43(40,41)33-22-14-12-21(30)13-15-22/h6,9,12-15,19-20,23-24,33H,3-5,7-8,10-11,16-18H2,1-2H3,(H,31,39)(H,32,36)(H,34,38)/b9-6-/t20-,23-,24-,29+/m0/s1. The topological polar surface area (TPSA) is 163 Å². The van der Waals surface area contributed by atoms with Gasteiger partial charge in [-0.2, -0.15) is 8.42 Å². The lowest BCUT2D eigenvalue weighted by Crippen LogP contribution is -2.58. The number of amides is 4. The summed E-state index contributed by atoms with van der Waals surface area (Å²) in [5.74, 6) is -2.08. The molecular formula is C29H40ClN5O7S. The van der Waals surface area contributed by atoms with Crippen molar-refractivity contribution in [2.75, 3.05) is 17.9 Å². The number of rotatable bonds is 7. The SMILES string of the molecule is CC(C)COC(=O)N[C@H]1CCCCC/C=C\[C@H]2C[C@@]2(C(=O)NS(=O)(=O)Nc2ccc(Cl)cc2)NC(=O)[C@@H]2CCCN2C1=O. The number of halogens is 1. The highest BCUT2D eigenvalue weighted by Gasteiger charge is 2.61. The highest BCUT2D eigenvalue weighted by atomic mass is 35.5. The number of anilines is 1. The molecular weight excluding hydrogens is 598 g/mol. The van der Waals surface area contributed by atoms with E-state index in [1.54, 1.807) is 0 Å². The van der Waals surface area contributed by atoms with Gasteiger partial charge in [-0.05, 0) is 68.7 Å². The average molecular weight is 638 g/mol. The number of carbonyl (C=O) groups excluding carboxylic acids is 4. The molecule has 1 saturated carbocycles. The van der Waals surface area contributed by atoms with Gasteiger partial charge in [0.2, 0.25) is 11.8 Å². The minimum atomic E-state index is -4.33. The number of carbonyl (C=O) groups is 4. The summed E-state index contributed by atoms with van der Waals surface area (Å²) in [5.41, 5.74) is -1.28. The van der Waals surface area contributed by atoms with Gasteiger partial charge in [0.05, 0.1) is 12.3 Å². The first-order chi connectivity index (χ1) is 20.4. The van der Waals surface area contributed by atoms with Crippen molar-refractivity contribution in [1.82, 2.24) is 20.3 Å². The van der Waals surface area contributed by atoms with Crippen LogP contribution in [0, 0.1) is 11.8 Å². The fourth-order valence-electron chi connectivity index (χ4n) is 5.43. The van der Waals surface area contributed by atoms with Gasteiger partial charge in [0.15, 0.2) is 0 Å². The summed E-state index contributed by atoms with van der Waals surface area (Å²) in [6.45, 7) is 4.35. The van der Waals surface area contributed by atoms with Crippen molar-refractivity contribution in [3.63, 3.8) is 0 Å². The number of nitrogens with zero attached hydrogens (tertiary/aromatic N) is 1. The Morgan fingerprint density at radius 1 is 1.12 bits per heavy atom. The van der Waals surface area contributed by atoms with Gasteiger partial charge in [-0.25, -0.2) is 9.52 Å². The Labute approximate surface area is 257 Å². The predicted molar refractivity (Wildman–Crippen MR) is 161 cm³/mol. The van der Waals surface area contributed by atoms with Crippen LogP contribution in [0.3, 0.4) is 0 Å². The first-order valence-corrected chi connectivity index (χ1v) is 16.6. The van der Waals surface area contributed by atoms with Crippen LogP contribution in [0.15, 0.2) is 36.4 Å². The zero-order valence-electron chi connectivity index (χ0n) is 24.4. The van der Waals surface area contributed by atoms with E-state index in [1.165, 1.54) is 29.2 Å². The number of hydrogen-bond donors (Lipinski definition) is 4. The van der Waals surface area contributed by atoms with Crippen molar-refractivity contribution in [1.29, 1.82) is 0 Å². The van der Waals surface area contributed by atoms with E-state index in [9.17, 15) is 27.6 Å². The molecule has 0 aromatic heterocycles. The molecule has 3 aliphatic rings. The predicted octanol–water partition coefficient (Wildman–Crippen LogP) is 3.25. The number of allylic oxidation sites excluding steroid dienone is 1. The van der Waals surface area contributed by atoms with E-state index in [2.05, 4.69) is 20.1 Å². The maximum atomic E-state index is 13.7. The van der Waals surface area contributed by atoms with Gasteiger partial charge in [-0.1, -0.05) is 50.4 Å². The minimum absolute atomic E-state index is 0.132. The van der Waals surface area contributed by atoms with E-state index in [1.807, 2.05) is 26.0 Å². The van der Waals surface area contributed by atoms with Gasteiger partial charge in [0.1, 0.15) is 17.6 Å². The quantitative estimate of drug-likeness (QED) is 0.334. The number of fused-ring (bicyclic) bond motifs is 2. The summed E-state index contributed by atoms with van der Waals surface area (Å²) < 4.78 is 35.2.